The van der Waals surface area contributed by atoms with E-state index in [4.69, 9.17) is 11.5 Å². The summed E-state index contributed by atoms with van der Waals surface area (Å²) in [6.07, 6.45) is 0.449. The molecular formula is C25H32BrN5O5. The van der Waals surface area contributed by atoms with Crippen LogP contribution in [0.2, 0.25) is 0 Å². The molecule has 36 heavy (non-hydrogen) atoms. The normalized spacial score (nSPS) is 13.2. The zero-order chi connectivity index (χ0) is 26.8. The van der Waals surface area contributed by atoms with E-state index in [1.807, 2.05) is 24.3 Å². The van der Waals surface area contributed by atoms with Crippen LogP contribution in [0.25, 0.3) is 0 Å². The van der Waals surface area contributed by atoms with Gasteiger partial charge in [-0.05, 0) is 55.7 Å². The van der Waals surface area contributed by atoms with E-state index in [-0.39, 0.29) is 31.7 Å². The SMILES string of the molecule is CCN(C(=O)CNC(=O)[C@@H](C)NC(=O)[C@@H](N)Cc1ccc(O)cc1)[C@@H](Cc1cccc(Br)c1)C(N)=O. The summed E-state index contributed by atoms with van der Waals surface area (Å²) in [5, 5.41) is 14.4. The molecule has 0 bridgehead atoms. The molecule has 0 aliphatic carbocycles. The number of halogens is 1. The van der Waals surface area contributed by atoms with Crippen LogP contribution in [0.5, 0.6) is 5.75 Å². The minimum Gasteiger partial charge on any atom is -0.508 e. The molecule has 10 nitrogen and oxygen atoms in total. The largest absolute Gasteiger partial charge is 0.508 e. The number of phenols is 1. The van der Waals surface area contributed by atoms with Gasteiger partial charge >= 0.3 is 0 Å². The van der Waals surface area contributed by atoms with Gasteiger partial charge in [0.2, 0.25) is 23.6 Å². The number of primary amides is 1. The minimum absolute atomic E-state index is 0.105. The molecular weight excluding hydrogens is 530 g/mol. The van der Waals surface area contributed by atoms with Crippen LogP contribution in [0.15, 0.2) is 53.0 Å². The number of aromatic hydroxyl groups is 1. The first-order valence-electron chi connectivity index (χ1n) is 11.5. The fraction of sp³-hybridized carbons (Fsp3) is 0.360. The van der Waals surface area contributed by atoms with E-state index in [0.717, 1.165) is 15.6 Å². The highest BCUT2D eigenvalue weighted by molar-refractivity contribution is 9.10. The Kier molecular flexibility index (Phi) is 10.9. The van der Waals surface area contributed by atoms with E-state index in [1.165, 1.54) is 24.0 Å². The Hall–Kier alpha value is -3.44. The zero-order valence-corrected chi connectivity index (χ0v) is 21.8. The van der Waals surface area contributed by atoms with Crippen molar-refractivity contribution in [2.24, 2.45) is 11.5 Å². The third-order valence-electron chi connectivity index (χ3n) is 5.58. The molecule has 0 aliphatic rings. The fourth-order valence-electron chi connectivity index (χ4n) is 3.60. The van der Waals surface area contributed by atoms with Crippen LogP contribution in [0.4, 0.5) is 0 Å². The van der Waals surface area contributed by atoms with E-state index < -0.39 is 41.8 Å². The van der Waals surface area contributed by atoms with Crippen molar-refractivity contribution in [1.82, 2.24) is 15.5 Å². The van der Waals surface area contributed by atoms with E-state index in [2.05, 4.69) is 26.6 Å². The summed E-state index contributed by atoms with van der Waals surface area (Å²) < 4.78 is 0.837. The maximum absolute atomic E-state index is 12.8. The van der Waals surface area contributed by atoms with Crippen molar-refractivity contribution < 1.29 is 24.3 Å². The summed E-state index contributed by atoms with van der Waals surface area (Å²) in [6, 6.07) is 10.9. The van der Waals surface area contributed by atoms with Gasteiger partial charge in [0.1, 0.15) is 17.8 Å². The van der Waals surface area contributed by atoms with Crippen molar-refractivity contribution in [3.05, 3.63) is 64.1 Å². The average Bonchev–Trinajstić information content (AvgIpc) is 2.83. The standard InChI is InChI=1S/C25H32BrN5O5/c1-3-31(21(23(28)34)13-17-5-4-6-18(26)11-17)22(33)14-29-24(35)15(2)30-25(36)20(27)12-16-7-9-19(32)10-8-16/h4-11,15,20-21,32H,3,12-14,27H2,1-2H3,(H2,28,34)(H,29,35)(H,30,36)/t15-,20+,21+/m1/s1. The van der Waals surface area contributed by atoms with Gasteiger partial charge in [0.25, 0.3) is 0 Å². The van der Waals surface area contributed by atoms with E-state index in [9.17, 15) is 24.3 Å². The molecule has 0 unspecified atom stereocenters. The zero-order valence-electron chi connectivity index (χ0n) is 20.2. The third-order valence-corrected chi connectivity index (χ3v) is 6.07. The Labute approximate surface area is 218 Å². The predicted molar refractivity (Wildman–Crippen MR) is 139 cm³/mol. The molecule has 194 valence electrons. The van der Waals surface area contributed by atoms with Gasteiger partial charge in [-0.1, -0.05) is 40.2 Å². The lowest BCUT2D eigenvalue weighted by molar-refractivity contribution is -0.139. The number of rotatable bonds is 12. The van der Waals surface area contributed by atoms with Crippen LogP contribution in [0.3, 0.4) is 0 Å². The second-order valence-corrected chi connectivity index (χ2v) is 9.27. The summed E-state index contributed by atoms with van der Waals surface area (Å²) in [6.45, 7) is 3.04. The lowest BCUT2D eigenvalue weighted by Gasteiger charge is -2.29. The molecule has 0 heterocycles. The van der Waals surface area contributed by atoms with Crippen LogP contribution >= 0.6 is 15.9 Å². The molecule has 3 atom stereocenters. The number of nitrogens with two attached hydrogens (primary N) is 2. The van der Waals surface area contributed by atoms with Crippen LogP contribution in [-0.4, -0.2) is 64.9 Å². The molecule has 2 aromatic carbocycles. The summed E-state index contributed by atoms with van der Waals surface area (Å²) >= 11 is 3.38. The van der Waals surface area contributed by atoms with Gasteiger partial charge in [-0.25, -0.2) is 0 Å². The monoisotopic (exact) mass is 561 g/mol. The Balaban J connectivity index is 1.91. The first-order chi connectivity index (χ1) is 17.0. The third kappa shape index (κ3) is 8.65. The summed E-state index contributed by atoms with van der Waals surface area (Å²) in [5.41, 5.74) is 13.1. The van der Waals surface area contributed by atoms with Gasteiger partial charge in [-0.3, -0.25) is 19.2 Å². The Morgan fingerprint density at radius 2 is 1.69 bits per heavy atom. The molecule has 7 N–H and O–H groups in total. The van der Waals surface area contributed by atoms with Crippen molar-refractivity contribution in [2.75, 3.05) is 13.1 Å². The number of hydrogen-bond acceptors (Lipinski definition) is 6. The predicted octanol–water partition coefficient (Wildman–Crippen LogP) is 0.591. The lowest BCUT2D eigenvalue weighted by atomic mass is 10.0. The van der Waals surface area contributed by atoms with Crippen molar-refractivity contribution >= 4 is 39.6 Å². The Bertz CT molecular complexity index is 1080. The maximum atomic E-state index is 12.8. The molecule has 0 aliphatic heterocycles. The number of benzene rings is 2. The second-order valence-electron chi connectivity index (χ2n) is 8.36. The summed E-state index contributed by atoms with van der Waals surface area (Å²) in [4.78, 5) is 51.2. The molecule has 0 spiro atoms. The van der Waals surface area contributed by atoms with Gasteiger partial charge in [0, 0.05) is 17.4 Å². The van der Waals surface area contributed by atoms with Crippen molar-refractivity contribution in [3.8, 4) is 5.75 Å². The molecule has 0 saturated heterocycles. The van der Waals surface area contributed by atoms with Gasteiger partial charge in [0.15, 0.2) is 0 Å². The molecule has 0 fully saturated rings. The van der Waals surface area contributed by atoms with Gasteiger partial charge in [-0.15, -0.1) is 0 Å². The first-order valence-corrected chi connectivity index (χ1v) is 12.3. The smallest absolute Gasteiger partial charge is 0.242 e. The van der Waals surface area contributed by atoms with E-state index in [0.29, 0.717) is 0 Å². The number of carbonyl (C=O) groups is 4. The van der Waals surface area contributed by atoms with Crippen LogP contribution < -0.4 is 22.1 Å². The Morgan fingerprint density at radius 3 is 2.28 bits per heavy atom. The summed E-state index contributed by atoms with van der Waals surface area (Å²) in [5.74, 6) is -2.14. The minimum atomic E-state index is -0.945. The summed E-state index contributed by atoms with van der Waals surface area (Å²) in [7, 11) is 0. The highest BCUT2D eigenvalue weighted by atomic mass is 79.9. The highest BCUT2D eigenvalue weighted by Crippen LogP contribution is 2.15. The molecule has 0 aromatic heterocycles. The number of likely N-dealkylation sites (N-methyl/N-ethyl adjacent to an activating group) is 1. The number of nitrogens with one attached hydrogen (secondary N) is 2. The van der Waals surface area contributed by atoms with Crippen molar-refractivity contribution in [2.45, 2.75) is 44.8 Å². The molecule has 4 amide bonds. The quantitative estimate of drug-likeness (QED) is 0.254. The number of nitrogens with zero attached hydrogens (tertiary/aromatic N) is 1. The van der Waals surface area contributed by atoms with Crippen molar-refractivity contribution in [3.63, 3.8) is 0 Å². The lowest BCUT2D eigenvalue weighted by Crippen LogP contribution is -2.54. The number of carbonyl (C=O) groups excluding carboxylic acids is 4. The second kappa shape index (κ2) is 13.6. The van der Waals surface area contributed by atoms with Crippen LogP contribution in [-0.2, 0) is 32.0 Å². The van der Waals surface area contributed by atoms with Gasteiger partial charge < -0.3 is 32.1 Å². The van der Waals surface area contributed by atoms with Gasteiger partial charge in [0.05, 0.1) is 12.6 Å². The van der Waals surface area contributed by atoms with Gasteiger partial charge in [-0.2, -0.15) is 0 Å². The van der Waals surface area contributed by atoms with Crippen LogP contribution in [0.1, 0.15) is 25.0 Å². The molecule has 0 radical (unpaired) electrons. The molecule has 0 saturated carbocycles. The number of phenolic OH excluding ortho intramolecular Hbond substituents is 1. The van der Waals surface area contributed by atoms with Crippen LogP contribution in [0, 0.1) is 0 Å². The Morgan fingerprint density at radius 1 is 1.03 bits per heavy atom. The van der Waals surface area contributed by atoms with Crippen molar-refractivity contribution in [1.29, 1.82) is 0 Å². The number of hydrogen-bond donors (Lipinski definition) is 5. The average molecular weight is 562 g/mol. The number of amides is 4. The highest BCUT2D eigenvalue weighted by Gasteiger charge is 2.28. The molecule has 2 rings (SSSR count). The van der Waals surface area contributed by atoms with E-state index >= 15 is 0 Å². The maximum Gasteiger partial charge on any atom is 0.242 e. The molecule has 2 aromatic rings. The van der Waals surface area contributed by atoms with E-state index in [1.54, 1.807) is 19.1 Å². The topological polar surface area (TPSA) is 168 Å². The molecule has 11 heteroatoms. The first kappa shape index (κ1) is 28.8. The fourth-order valence-corrected chi connectivity index (χ4v) is 4.05.